The van der Waals surface area contributed by atoms with Crippen molar-refractivity contribution < 1.29 is 14.9 Å². The van der Waals surface area contributed by atoms with Crippen LogP contribution in [0, 0.1) is 40.4 Å². The lowest BCUT2D eigenvalue weighted by atomic mass is 9.44. The second-order valence-electron chi connectivity index (χ2n) is 14.3. The molecule has 3 heteroatoms. The van der Waals surface area contributed by atoms with Crippen molar-refractivity contribution in [1.29, 1.82) is 0 Å². The normalized spacial score (nSPS) is 37.5. The molecule has 9 atom stereocenters. The lowest BCUT2D eigenvalue weighted by Gasteiger charge is -2.61. The van der Waals surface area contributed by atoms with E-state index in [0.717, 1.165) is 55.8 Å². The average molecular weight is 557 g/mol. The van der Waals surface area contributed by atoms with Crippen LogP contribution in [0.15, 0.2) is 30.3 Å². The van der Waals surface area contributed by atoms with Crippen LogP contribution in [0.1, 0.15) is 138 Å². The molecule has 4 aliphatic carbocycles. The van der Waals surface area contributed by atoms with Gasteiger partial charge in [-0.2, -0.15) is 0 Å². The van der Waals surface area contributed by atoms with Crippen molar-refractivity contribution in [2.75, 3.05) is 0 Å². The monoisotopic (exact) mass is 556 g/mol. The number of rotatable bonds is 8. The van der Waals surface area contributed by atoms with Gasteiger partial charge in [0, 0.05) is 0 Å². The highest BCUT2D eigenvalue weighted by atomic mass is 16.5. The topological polar surface area (TPSA) is 49.7 Å². The van der Waals surface area contributed by atoms with E-state index in [-0.39, 0.29) is 17.8 Å². The first kappa shape index (κ1) is 33.6. The molecule has 5 rings (SSSR count). The van der Waals surface area contributed by atoms with Gasteiger partial charge >= 0.3 is 0 Å². The van der Waals surface area contributed by atoms with Crippen molar-refractivity contribution in [3.8, 4) is 0 Å². The number of ether oxygens (including phenoxy) is 1. The number of hydrogen-bond donors (Lipinski definition) is 2. The molecule has 3 nitrogen and oxygen atoms in total. The highest BCUT2D eigenvalue weighted by Gasteiger charge is 2.60. The zero-order valence-electron chi connectivity index (χ0n) is 27.4. The SMILES string of the molecule is CC.CC.CC(C)(CCCC(O)C1CCC2C3CCC4CC(O)CCC4(C)C3CCC12C)OCc1ccccc1. The third kappa shape index (κ3) is 7.17. The van der Waals surface area contributed by atoms with Crippen molar-refractivity contribution in [1.82, 2.24) is 0 Å². The summed E-state index contributed by atoms with van der Waals surface area (Å²) < 4.78 is 6.25. The Labute approximate surface area is 247 Å². The quantitative estimate of drug-likeness (QED) is 0.335. The molecule has 0 saturated heterocycles. The van der Waals surface area contributed by atoms with Gasteiger partial charge in [0.25, 0.3) is 0 Å². The Morgan fingerprint density at radius 1 is 0.875 bits per heavy atom. The fourth-order valence-corrected chi connectivity index (χ4v) is 9.77. The van der Waals surface area contributed by atoms with Gasteiger partial charge in [0.2, 0.25) is 0 Å². The van der Waals surface area contributed by atoms with Gasteiger partial charge in [-0.3, -0.25) is 0 Å². The molecule has 0 aromatic heterocycles. The summed E-state index contributed by atoms with van der Waals surface area (Å²) in [7, 11) is 0. The summed E-state index contributed by atoms with van der Waals surface area (Å²) in [5.41, 5.74) is 1.79. The van der Waals surface area contributed by atoms with Gasteiger partial charge in [-0.05, 0) is 137 Å². The lowest BCUT2D eigenvalue weighted by molar-refractivity contribution is -0.133. The first-order valence-corrected chi connectivity index (χ1v) is 17.2. The number of fused-ring (bicyclic) bond motifs is 5. The van der Waals surface area contributed by atoms with Gasteiger partial charge in [0.15, 0.2) is 0 Å². The molecule has 0 amide bonds. The van der Waals surface area contributed by atoms with Crippen LogP contribution >= 0.6 is 0 Å². The van der Waals surface area contributed by atoms with E-state index in [0.29, 0.717) is 23.4 Å². The van der Waals surface area contributed by atoms with E-state index in [9.17, 15) is 10.2 Å². The van der Waals surface area contributed by atoms with E-state index in [2.05, 4.69) is 52.0 Å². The highest BCUT2D eigenvalue weighted by molar-refractivity contribution is 5.13. The summed E-state index contributed by atoms with van der Waals surface area (Å²) in [4.78, 5) is 0. The Balaban J connectivity index is 0.00000106. The van der Waals surface area contributed by atoms with E-state index in [4.69, 9.17) is 4.74 Å². The minimum absolute atomic E-state index is 0.0618. The van der Waals surface area contributed by atoms with Crippen LogP contribution in [-0.4, -0.2) is 28.0 Å². The molecule has 4 fully saturated rings. The van der Waals surface area contributed by atoms with E-state index < -0.39 is 0 Å². The standard InChI is InChI=1S/C33H52O3.2C2H6/c1-31(2,36-22-23-9-6-5-7-10-23)18-8-11-30(35)29-15-14-27-26-13-12-24-21-25(34)16-19-32(24,3)28(26)17-20-33(27,29)4;2*1-2/h5-7,9-10,24-30,34-35H,8,11-22H2,1-4H3;2*1-2H3. The zero-order chi connectivity index (χ0) is 29.6. The molecule has 0 aliphatic heterocycles. The summed E-state index contributed by atoms with van der Waals surface area (Å²) in [6, 6.07) is 10.4. The Morgan fingerprint density at radius 2 is 1.52 bits per heavy atom. The third-order valence-corrected chi connectivity index (χ3v) is 11.9. The second kappa shape index (κ2) is 14.5. The second-order valence-corrected chi connectivity index (χ2v) is 14.3. The Kier molecular flexibility index (Phi) is 12.2. The molecule has 4 aliphatic rings. The lowest BCUT2D eigenvalue weighted by Crippen LogP contribution is -2.54. The van der Waals surface area contributed by atoms with Gasteiger partial charge in [-0.25, -0.2) is 0 Å². The molecule has 0 bridgehead atoms. The van der Waals surface area contributed by atoms with Crippen LogP contribution < -0.4 is 0 Å². The Hall–Kier alpha value is -0.900. The minimum atomic E-state index is -0.182. The molecule has 9 unspecified atom stereocenters. The first-order chi connectivity index (χ1) is 19.1. The highest BCUT2D eigenvalue weighted by Crippen LogP contribution is 2.67. The molecule has 230 valence electrons. The molecule has 0 spiro atoms. The average Bonchev–Trinajstić information content (AvgIpc) is 3.32. The minimum Gasteiger partial charge on any atom is -0.393 e. The first-order valence-electron chi connectivity index (χ1n) is 17.2. The summed E-state index contributed by atoms with van der Waals surface area (Å²) in [5.74, 6) is 3.63. The van der Waals surface area contributed by atoms with Crippen LogP contribution in [0.3, 0.4) is 0 Å². The van der Waals surface area contributed by atoms with Crippen molar-refractivity contribution >= 4 is 0 Å². The van der Waals surface area contributed by atoms with Crippen LogP contribution in [0.2, 0.25) is 0 Å². The summed E-state index contributed by atoms with van der Waals surface area (Å²) >= 11 is 0. The van der Waals surface area contributed by atoms with Gasteiger partial charge in [0.1, 0.15) is 0 Å². The molecule has 4 saturated carbocycles. The summed E-state index contributed by atoms with van der Waals surface area (Å²) in [6.07, 6.45) is 13.7. The van der Waals surface area contributed by atoms with E-state index >= 15 is 0 Å². The van der Waals surface area contributed by atoms with Crippen LogP contribution in [-0.2, 0) is 11.3 Å². The fraction of sp³-hybridized carbons (Fsp3) is 0.838. The van der Waals surface area contributed by atoms with Crippen LogP contribution in [0.5, 0.6) is 0 Å². The number of benzene rings is 1. The van der Waals surface area contributed by atoms with Crippen LogP contribution in [0.4, 0.5) is 0 Å². The maximum Gasteiger partial charge on any atom is 0.0724 e. The zero-order valence-corrected chi connectivity index (χ0v) is 27.4. The smallest absolute Gasteiger partial charge is 0.0724 e. The third-order valence-electron chi connectivity index (χ3n) is 11.9. The summed E-state index contributed by atoms with van der Waals surface area (Å²) in [6.45, 7) is 18.2. The van der Waals surface area contributed by atoms with E-state index in [1.54, 1.807) is 0 Å². The molecular weight excluding hydrogens is 492 g/mol. The Morgan fingerprint density at radius 3 is 2.23 bits per heavy atom. The molecule has 1 aromatic carbocycles. The molecule has 0 heterocycles. The number of hydrogen-bond acceptors (Lipinski definition) is 3. The maximum atomic E-state index is 11.5. The molecule has 2 N–H and O–H groups in total. The molecule has 0 radical (unpaired) electrons. The number of aliphatic hydroxyl groups excluding tert-OH is 2. The largest absolute Gasteiger partial charge is 0.393 e. The van der Waals surface area contributed by atoms with Crippen molar-refractivity contribution in [2.24, 2.45) is 40.4 Å². The fourth-order valence-electron chi connectivity index (χ4n) is 9.77. The summed E-state index contributed by atoms with van der Waals surface area (Å²) in [5, 5.41) is 21.8. The van der Waals surface area contributed by atoms with Gasteiger partial charge in [0.05, 0.1) is 24.4 Å². The Bertz CT molecular complexity index is 867. The van der Waals surface area contributed by atoms with Crippen LogP contribution in [0.25, 0.3) is 0 Å². The van der Waals surface area contributed by atoms with E-state index in [1.165, 1.54) is 50.5 Å². The van der Waals surface area contributed by atoms with E-state index in [1.807, 2.05) is 33.8 Å². The van der Waals surface area contributed by atoms with Gasteiger partial charge < -0.3 is 14.9 Å². The number of aliphatic hydroxyl groups is 2. The van der Waals surface area contributed by atoms with Crippen molar-refractivity contribution in [3.63, 3.8) is 0 Å². The molecule has 40 heavy (non-hydrogen) atoms. The van der Waals surface area contributed by atoms with Gasteiger partial charge in [-0.1, -0.05) is 71.9 Å². The molecular formula is C37H64O3. The van der Waals surface area contributed by atoms with Gasteiger partial charge in [-0.15, -0.1) is 0 Å². The van der Waals surface area contributed by atoms with Crippen molar-refractivity contribution in [2.45, 2.75) is 157 Å². The predicted octanol–water partition coefficient (Wildman–Crippen LogP) is 9.59. The van der Waals surface area contributed by atoms with Crippen molar-refractivity contribution in [3.05, 3.63) is 35.9 Å². The maximum absolute atomic E-state index is 11.5. The molecule has 1 aromatic rings. The predicted molar refractivity (Wildman–Crippen MR) is 169 cm³/mol.